The van der Waals surface area contributed by atoms with Crippen LogP contribution in [-0.4, -0.2) is 25.4 Å². The number of ether oxygens (including phenoxy) is 1. The highest BCUT2D eigenvalue weighted by Gasteiger charge is 1.95. The first-order valence-corrected chi connectivity index (χ1v) is 12.4. The lowest BCUT2D eigenvalue weighted by molar-refractivity contribution is 0.125. The molecule has 0 aromatic heterocycles. The predicted octanol–water partition coefficient (Wildman–Crippen LogP) is 8.45. The highest BCUT2D eigenvalue weighted by molar-refractivity contribution is 4.49. The maximum atomic E-state index is 7.00. The molecule has 0 saturated heterocycles. The van der Waals surface area contributed by atoms with Crippen LogP contribution in [0.25, 0.3) is 0 Å². The molecular weight excluding hydrogens is 332 g/mol. The first-order chi connectivity index (χ1) is 13.4. The van der Waals surface area contributed by atoms with Gasteiger partial charge in [0.1, 0.15) is 0 Å². The molecule has 27 heavy (non-hydrogen) atoms. The summed E-state index contributed by atoms with van der Waals surface area (Å²) < 4.78 is 5.78. The second kappa shape index (κ2) is 30.6. The van der Waals surface area contributed by atoms with E-state index in [0.29, 0.717) is 0 Å². The van der Waals surface area contributed by atoms with Gasteiger partial charge in [-0.05, 0) is 12.8 Å². The van der Waals surface area contributed by atoms with Crippen molar-refractivity contribution in [1.29, 1.82) is 0 Å². The fraction of sp³-hybridized carbons (Fsp3) is 1.00. The number of unbranched alkanes of at least 4 members (excludes halogenated alkanes) is 18. The van der Waals surface area contributed by atoms with Crippen LogP contribution in [0.4, 0.5) is 0 Å². The molecule has 1 N–H and O–H groups in total. The largest absolute Gasteiger partial charge is 0.400 e. The first kappa shape index (κ1) is 29.1. The minimum Gasteiger partial charge on any atom is -0.400 e. The van der Waals surface area contributed by atoms with Crippen molar-refractivity contribution in [1.82, 2.24) is 0 Å². The van der Waals surface area contributed by atoms with Crippen LogP contribution in [0.2, 0.25) is 0 Å². The number of aliphatic hydroxyl groups excluding tert-OH is 1. The summed E-state index contributed by atoms with van der Waals surface area (Å²) in [6.07, 6.45) is 28.2. The van der Waals surface area contributed by atoms with Crippen LogP contribution in [-0.2, 0) is 4.74 Å². The lowest BCUT2D eigenvalue weighted by Gasteiger charge is -2.05. The van der Waals surface area contributed by atoms with E-state index in [1.165, 1.54) is 128 Å². The fourth-order valence-corrected chi connectivity index (χ4v) is 3.49. The van der Waals surface area contributed by atoms with Crippen LogP contribution < -0.4 is 0 Å². The van der Waals surface area contributed by atoms with Crippen molar-refractivity contribution in [2.45, 2.75) is 142 Å². The Labute approximate surface area is 172 Å². The highest BCUT2D eigenvalue weighted by Crippen LogP contribution is 2.12. The van der Waals surface area contributed by atoms with E-state index in [-0.39, 0.29) is 0 Å². The van der Waals surface area contributed by atoms with Gasteiger partial charge in [0, 0.05) is 20.3 Å². The molecule has 0 atom stereocenters. The Bertz CT molecular complexity index is 196. The molecule has 0 aliphatic rings. The third-order valence-electron chi connectivity index (χ3n) is 5.28. The van der Waals surface area contributed by atoms with Crippen LogP contribution in [0.15, 0.2) is 0 Å². The fourth-order valence-electron chi connectivity index (χ4n) is 3.49. The molecule has 0 radical (unpaired) electrons. The average Bonchev–Trinajstić information content (AvgIpc) is 2.70. The van der Waals surface area contributed by atoms with Gasteiger partial charge < -0.3 is 9.84 Å². The minimum absolute atomic E-state index is 0.994. The Balaban J connectivity index is 0. The number of hydrogen-bond acceptors (Lipinski definition) is 2. The van der Waals surface area contributed by atoms with Gasteiger partial charge in [-0.1, -0.05) is 129 Å². The third kappa shape index (κ3) is 30.9. The Hall–Kier alpha value is -0.0800. The Morgan fingerprint density at radius 1 is 0.370 bits per heavy atom. The summed E-state index contributed by atoms with van der Waals surface area (Å²) in [7, 11) is 1.00. The topological polar surface area (TPSA) is 29.5 Å². The molecular formula is C25H54O2. The van der Waals surface area contributed by atoms with Gasteiger partial charge in [0.15, 0.2) is 0 Å². The second-order valence-corrected chi connectivity index (χ2v) is 7.98. The van der Waals surface area contributed by atoms with Gasteiger partial charge in [-0.25, -0.2) is 0 Å². The minimum atomic E-state index is 0.994. The molecule has 2 heteroatoms. The van der Waals surface area contributed by atoms with E-state index in [2.05, 4.69) is 13.8 Å². The third-order valence-corrected chi connectivity index (χ3v) is 5.28. The van der Waals surface area contributed by atoms with Crippen molar-refractivity contribution in [2.24, 2.45) is 0 Å². The molecule has 0 amide bonds. The van der Waals surface area contributed by atoms with Crippen LogP contribution in [0.3, 0.4) is 0 Å². The van der Waals surface area contributed by atoms with Gasteiger partial charge in [-0.15, -0.1) is 0 Å². The number of hydrogen-bond donors (Lipinski definition) is 1. The summed E-state index contributed by atoms with van der Waals surface area (Å²) in [5.74, 6) is 0. The van der Waals surface area contributed by atoms with E-state index < -0.39 is 0 Å². The monoisotopic (exact) mass is 386 g/mol. The first-order valence-electron chi connectivity index (χ1n) is 12.4. The van der Waals surface area contributed by atoms with Gasteiger partial charge >= 0.3 is 0 Å². The van der Waals surface area contributed by atoms with Gasteiger partial charge in [0.2, 0.25) is 0 Å². The summed E-state index contributed by atoms with van der Waals surface area (Å²) in [5.41, 5.74) is 0. The quantitative estimate of drug-likeness (QED) is 0.189. The summed E-state index contributed by atoms with van der Waals surface area (Å²) in [5, 5.41) is 7.00. The van der Waals surface area contributed by atoms with Gasteiger partial charge in [0.05, 0.1) is 0 Å². The van der Waals surface area contributed by atoms with E-state index in [1.807, 2.05) is 0 Å². The Kier molecular flexibility index (Phi) is 33.1. The second-order valence-electron chi connectivity index (χ2n) is 7.98. The van der Waals surface area contributed by atoms with Crippen LogP contribution in [0, 0.1) is 0 Å². The smallest absolute Gasteiger partial charge is 0.0466 e. The summed E-state index contributed by atoms with van der Waals surface area (Å²) in [4.78, 5) is 0. The number of aliphatic hydroxyl groups is 1. The van der Waals surface area contributed by atoms with Crippen LogP contribution in [0.5, 0.6) is 0 Å². The van der Waals surface area contributed by atoms with E-state index in [0.717, 1.165) is 20.3 Å². The van der Waals surface area contributed by atoms with Crippen molar-refractivity contribution < 1.29 is 9.84 Å². The molecule has 0 fully saturated rings. The van der Waals surface area contributed by atoms with E-state index in [1.54, 1.807) is 0 Å². The van der Waals surface area contributed by atoms with Crippen molar-refractivity contribution in [2.75, 3.05) is 20.3 Å². The molecule has 0 aromatic rings. The number of rotatable bonds is 22. The molecule has 0 bridgehead atoms. The van der Waals surface area contributed by atoms with E-state index in [9.17, 15) is 0 Å². The van der Waals surface area contributed by atoms with Crippen LogP contribution >= 0.6 is 0 Å². The summed E-state index contributed by atoms with van der Waals surface area (Å²) in [6, 6.07) is 0. The van der Waals surface area contributed by atoms with E-state index >= 15 is 0 Å². The maximum Gasteiger partial charge on any atom is 0.0466 e. The van der Waals surface area contributed by atoms with Crippen LogP contribution in [0.1, 0.15) is 142 Å². The van der Waals surface area contributed by atoms with Gasteiger partial charge in [0.25, 0.3) is 0 Å². The lowest BCUT2D eigenvalue weighted by atomic mass is 10.1. The van der Waals surface area contributed by atoms with Crippen molar-refractivity contribution in [3.63, 3.8) is 0 Å². The molecule has 0 heterocycles. The molecule has 166 valence electrons. The zero-order chi connectivity index (χ0) is 20.3. The SMILES string of the molecule is CCCCCCCCCCCCOCCCCCCCCCCCC.CO. The molecule has 0 saturated carbocycles. The molecule has 2 nitrogen and oxygen atoms in total. The maximum absolute atomic E-state index is 7.00. The molecule has 0 aliphatic carbocycles. The zero-order valence-corrected chi connectivity index (χ0v) is 19.4. The molecule has 0 spiro atoms. The Morgan fingerprint density at radius 3 is 0.852 bits per heavy atom. The summed E-state index contributed by atoms with van der Waals surface area (Å²) in [6.45, 7) is 6.57. The average molecular weight is 387 g/mol. The zero-order valence-electron chi connectivity index (χ0n) is 19.4. The van der Waals surface area contributed by atoms with Gasteiger partial charge in [-0.3, -0.25) is 0 Å². The Morgan fingerprint density at radius 2 is 0.593 bits per heavy atom. The standard InChI is InChI=1S/C24H50O.CH4O/c1-3-5-7-9-11-13-15-17-19-21-23-25-24-22-20-18-16-14-12-10-8-6-4-2;1-2/h3-24H2,1-2H3;2H,1H3. The van der Waals surface area contributed by atoms with Gasteiger partial charge in [-0.2, -0.15) is 0 Å². The predicted molar refractivity (Wildman–Crippen MR) is 123 cm³/mol. The molecule has 0 unspecified atom stereocenters. The lowest BCUT2D eigenvalue weighted by Crippen LogP contribution is -1.97. The highest BCUT2D eigenvalue weighted by atomic mass is 16.5. The van der Waals surface area contributed by atoms with Crippen molar-refractivity contribution in [3.05, 3.63) is 0 Å². The van der Waals surface area contributed by atoms with Crippen molar-refractivity contribution >= 4 is 0 Å². The normalized spacial score (nSPS) is 10.7. The summed E-state index contributed by atoms with van der Waals surface area (Å²) >= 11 is 0. The molecule has 0 aromatic carbocycles. The van der Waals surface area contributed by atoms with E-state index in [4.69, 9.17) is 9.84 Å². The molecule has 0 aliphatic heterocycles. The molecule has 0 rings (SSSR count). The van der Waals surface area contributed by atoms with Crippen molar-refractivity contribution in [3.8, 4) is 0 Å².